The number of allylic oxidation sites excluding steroid dienone is 1. The average molecular weight is 837 g/mol. The Labute approximate surface area is 371 Å². The molecule has 6 heterocycles. The number of hydrogen-bond acceptors (Lipinski definition) is 6. The smallest absolute Gasteiger partial charge is 0.256 e. The van der Waals surface area contributed by atoms with Gasteiger partial charge in [0, 0.05) is 53.4 Å². The van der Waals surface area contributed by atoms with E-state index < -0.39 is 0 Å². The van der Waals surface area contributed by atoms with Gasteiger partial charge in [0.1, 0.15) is 23.0 Å². The van der Waals surface area contributed by atoms with Gasteiger partial charge >= 0.3 is 0 Å². The summed E-state index contributed by atoms with van der Waals surface area (Å²) in [6, 6.07) is 49.8. The molecule has 8 heteroatoms. The molecule has 4 nitrogen and oxygen atoms in total. The van der Waals surface area contributed by atoms with Gasteiger partial charge in [-0.05, 0) is 150 Å². The Balaban J connectivity index is 0.993. The molecular weight excluding hydrogens is 794 g/mol. The predicted molar refractivity (Wildman–Crippen MR) is 264 cm³/mol. The van der Waals surface area contributed by atoms with Gasteiger partial charge in [-0.3, -0.25) is 0 Å². The van der Waals surface area contributed by atoms with Crippen molar-refractivity contribution in [2.75, 3.05) is 9.80 Å². The van der Waals surface area contributed by atoms with Gasteiger partial charge in [-0.15, -0.1) is 23.1 Å². The Kier molecular flexibility index (Phi) is 7.16. The standard InChI is InChI=1S/C54H42B2N2O2S2/c1-53(2)51-52(62-54(53,3)4)58(34-19-9-6-10-20-34)41-22-14-24-44-50(41)56(51)39-28-36-35-27-38-45(29-47(35)61-48(36)30-46(39)60-44)59-43-23-13-21-40-49(43)55(38)37-25-31-15-11-12-16-32(31)26-42(37)57(40)33-17-7-5-8-18-33/h5-10,13-14,17-30H,11-12,15-16H2,1-4H3. The Morgan fingerprint density at radius 2 is 1.06 bits per heavy atom. The molecule has 0 saturated heterocycles. The summed E-state index contributed by atoms with van der Waals surface area (Å²) in [5, 5.41) is 3.93. The van der Waals surface area contributed by atoms with E-state index >= 15 is 0 Å². The molecule has 1 aromatic heterocycles. The number of hydrogen-bond donors (Lipinski definition) is 0. The highest BCUT2D eigenvalue weighted by atomic mass is 32.2. The van der Waals surface area contributed by atoms with Crippen LogP contribution in [-0.4, -0.2) is 18.2 Å². The number of aryl methyl sites for hydroxylation is 2. The van der Waals surface area contributed by atoms with Gasteiger partial charge in [0.05, 0.1) is 5.03 Å². The monoisotopic (exact) mass is 836 g/mol. The first-order valence-corrected chi connectivity index (χ1v) is 23.8. The van der Waals surface area contributed by atoms with Crippen LogP contribution < -0.4 is 46.6 Å². The normalized spacial score (nSPS) is 18.0. The first kappa shape index (κ1) is 35.7. The first-order valence-electron chi connectivity index (χ1n) is 22.2. The number of para-hydroxylation sites is 2. The molecule has 0 fully saturated rings. The number of thioether (sulfide) groups is 1. The molecule has 0 bridgehead atoms. The Morgan fingerprint density at radius 1 is 0.516 bits per heavy atom. The fourth-order valence-corrected chi connectivity index (χ4v) is 14.4. The number of thiophene rings is 1. The van der Waals surface area contributed by atoms with E-state index in [-0.39, 0.29) is 23.6 Å². The van der Waals surface area contributed by atoms with Gasteiger partial charge in [-0.25, -0.2) is 0 Å². The molecule has 5 aliphatic heterocycles. The minimum atomic E-state index is -0.0987. The van der Waals surface area contributed by atoms with Crippen molar-refractivity contribution in [2.24, 2.45) is 5.41 Å². The molecule has 8 aromatic rings. The molecule has 0 atom stereocenters. The second kappa shape index (κ2) is 12.4. The fourth-order valence-electron chi connectivity index (χ4n) is 11.7. The molecule has 0 N–H and O–H groups in total. The Hall–Kier alpha value is -5.82. The third-order valence-corrected chi connectivity index (χ3v) is 18.0. The molecule has 62 heavy (non-hydrogen) atoms. The summed E-state index contributed by atoms with van der Waals surface area (Å²) in [6.45, 7) is 9.89. The quantitative estimate of drug-likeness (QED) is 0.162. The fraction of sp³-hybridized carbons (Fsp3) is 0.185. The number of rotatable bonds is 2. The summed E-state index contributed by atoms with van der Waals surface area (Å²) in [4.78, 5) is 5.00. The lowest BCUT2D eigenvalue weighted by Crippen LogP contribution is -2.59. The predicted octanol–water partition coefficient (Wildman–Crippen LogP) is 11.5. The lowest BCUT2D eigenvalue weighted by atomic mass is 9.30. The van der Waals surface area contributed by atoms with Crippen molar-refractivity contribution in [1.82, 2.24) is 0 Å². The zero-order valence-electron chi connectivity index (χ0n) is 35.2. The van der Waals surface area contributed by atoms with E-state index in [1.165, 1.54) is 110 Å². The van der Waals surface area contributed by atoms with Crippen LogP contribution in [0.5, 0.6) is 23.0 Å². The summed E-state index contributed by atoms with van der Waals surface area (Å²) < 4.78 is 16.5. The summed E-state index contributed by atoms with van der Waals surface area (Å²) in [7, 11) is 0. The number of fused-ring (bicyclic) bond motifs is 11. The lowest BCUT2D eigenvalue weighted by molar-refractivity contribution is 0.370. The van der Waals surface area contributed by atoms with Gasteiger partial charge in [-0.1, -0.05) is 86.0 Å². The van der Waals surface area contributed by atoms with Crippen molar-refractivity contribution in [3.05, 3.63) is 155 Å². The minimum absolute atomic E-state index is 0.0234. The zero-order chi connectivity index (χ0) is 41.2. The highest BCUT2D eigenvalue weighted by Crippen LogP contribution is 2.62. The minimum Gasteiger partial charge on any atom is -0.458 e. The molecule has 0 radical (unpaired) electrons. The van der Waals surface area contributed by atoms with Gasteiger partial charge in [-0.2, -0.15) is 0 Å². The van der Waals surface area contributed by atoms with Gasteiger partial charge in [0.25, 0.3) is 13.4 Å². The molecule has 14 rings (SSSR count). The lowest BCUT2D eigenvalue weighted by Gasteiger charge is -2.43. The summed E-state index contributed by atoms with van der Waals surface area (Å²) >= 11 is 3.87. The van der Waals surface area contributed by atoms with Crippen LogP contribution in [-0.2, 0) is 12.8 Å². The molecule has 0 saturated carbocycles. The largest absolute Gasteiger partial charge is 0.458 e. The topological polar surface area (TPSA) is 24.9 Å². The van der Waals surface area contributed by atoms with Crippen LogP contribution in [0.15, 0.2) is 144 Å². The SMILES string of the molecule is CC1(C)SC2=C(B3c4cc5c(cc4Oc4cccc(c43)N2c2ccccc2)sc2cc3c(cc25)B2c4cc5c(cc4N(c4ccccc4)c4cccc(c42)O3)CCCC5)C1(C)C. The van der Waals surface area contributed by atoms with Crippen LogP contribution in [0.25, 0.3) is 20.2 Å². The number of benzene rings is 7. The molecule has 7 aromatic carbocycles. The number of ether oxygens (including phenoxy) is 2. The van der Waals surface area contributed by atoms with Crippen molar-refractivity contribution in [2.45, 2.75) is 58.1 Å². The van der Waals surface area contributed by atoms with E-state index in [0.717, 1.165) is 35.8 Å². The molecule has 0 spiro atoms. The van der Waals surface area contributed by atoms with Crippen LogP contribution in [0.1, 0.15) is 51.7 Å². The average Bonchev–Trinajstić information content (AvgIpc) is 3.72. The molecule has 6 aliphatic rings. The maximum absolute atomic E-state index is 7.03. The maximum atomic E-state index is 7.03. The van der Waals surface area contributed by atoms with Crippen LogP contribution in [0, 0.1) is 5.41 Å². The highest BCUT2D eigenvalue weighted by Gasteiger charge is 2.57. The van der Waals surface area contributed by atoms with Crippen molar-refractivity contribution >= 4 is 112 Å². The molecule has 0 unspecified atom stereocenters. The van der Waals surface area contributed by atoms with E-state index in [4.69, 9.17) is 9.47 Å². The van der Waals surface area contributed by atoms with Gasteiger partial charge in [0.2, 0.25) is 0 Å². The van der Waals surface area contributed by atoms with Crippen LogP contribution >= 0.6 is 23.1 Å². The first-order chi connectivity index (χ1) is 30.2. The van der Waals surface area contributed by atoms with E-state index in [2.05, 4.69) is 171 Å². The van der Waals surface area contributed by atoms with Crippen molar-refractivity contribution in [3.8, 4) is 23.0 Å². The van der Waals surface area contributed by atoms with Crippen molar-refractivity contribution < 1.29 is 9.47 Å². The van der Waals surface area contributed by atoms with Crippen molar-refractivity contribution in [3.63, 3.8) is 0 Å². The second-order valence-corrected chi connectivity index (χ2v) is 21.7. The Bertz CT molecular complexity index is 3320. The third-order valence-electron chi connectivity index (χ3n) is 15.3. The summed E-state index contributed by atoms with van der Waals surface area (Å²) in [5.74, 6) is 3.84. The van der Waals surface area contributed by atoms with Crippen LogP contribution in [0.3, 0.4) is 0 Å². The molecular formula is C54H42B2N2O2S2. The van der Waals surface area contributed by atoms with Crippen molar-refractivity contribution in [1.29, 1.82) is 0 Å². The highest BCUT2D eigenvalue weighted by molar-refractivity contribution is 8.05. The molecule has 298 valence electrons. The van der Waals surface area contributed by atoms with Crippen LogP contribution in [0.4, 0.5) is 28.4 Å². The Morgan fingerprint density at radius 3 is 1.69 bits per heavy atom. The zero-order valence-corrected chi connectivity index (χ0v) is 36.8. The van der Waals surface area contributed by atoms with E-state index in [9.17, 15) is 0 Å². The van der Waals surface area contributed by atoms with Crippen LogP contribution in [0.2, 0.25) is 0 Å². The maximum Gasteiger partial charge on any atom is 0.256 e. The second-order valence-electron chi connectivity index (χ2n) is 19.0. The summed E-state index contributed by atoms with van der Waals surface area (Å²) in [5.41, 5.74) is 16.9. The van der Waals surface area contributed by atoms with E-state index in [0.29, 0.717) is 0 Å². The van der Waals surface area contributed by atoms with Gasteiger partial charge in [0.15, 0.2) is 0 Å². The van der Waals surface area contributed by atoms with Gasteiger partial charge < -0.3 is 19.3 Å². The number of nitrogens with zero attached hydrogens (tertiary/aromatic N) is 2. The van der Waals surface area contributed by atoms with E-state index in [1.807, 2.05) is 23.1 Å². The third kappa shape index (κ3) is 4.67. The van der Waals surface area contributed by atoms with E-state index in [1.54, 1.807) is 0 Å². The molecule has 0 amide bonds. The molecule has 1 aliphatic carbocycles. The summed E-state index contributed by atoms with van der Waals surface area (Å²) in [6.07, 6.45) is 4.78. The number of anilines is 5.